The molecule has 1 saturated heterocycles. The molecule has 1 amide bonds. The van der Waals surface area contributed by atoms with Gasteiger partial charge >= 0.3 is 0 Å². The quantitative estimate of drug-likeness (QED) is 0.540. The van der Waals surface area contributed by atoms with Crippen LogP contribution in [0.3, 0.4) is 0 Å². The van der Waals surface area contributed by atoms with Crippen molar-refractivity contribution in [2.75, 3.05) is 36.8 Å². The number of anilines is 1. The minimum absolute atomic E-state index is 0.177. The van der Waals surface area contributed by atoms with Crippen molar-refractivity contribution in [1.82, 2.24) is 14.5 Å². The number of aromatic nitrogens is 2. The molecule has 0 unspecified atom stereocenters. The van der Waals surface area contributed by atoms with E-state index in [1.54, 1.807) is 0 Å². The SMILES string of the molecule is CCCn1c(SCC(=O)N2CCN(c3ccccc3)CC2)nc2cc(Cl)ccc21. The zero-order valence-corrected chi connectivity index (χ0v) is 18.1. The predicted octanol–water partition coefficient (Wildman–Crippen LogP) is 4.54. The molecule has 0 spiro atoms. The maximum atomic E-state index is 12.8. The standard InChI is InChI=1S/C22H25ClN4OS/c1-2-10-27-20-9-8-17(23)15-19(20)24-22(27)29-16-21(28)26-13-11-25(12-14-26)18-6-4-3-5-7-18/h3-9,15H,2,10-14,16H2,1H3. The summed E-state index contributed by atoms with van der Waals surface area (Å²) < 4.78 is 2.19. The third-order valence-corrected chi connectivity index (χ3v) is 6.40. The van der Waals surface area contributed by atoms with E-state index in [1.165, 1.54) is 17.4 Å². The van der Waals surface area contributed by atoms with Crippen molar-refractivity contribution >= 4 is 46.0 Å². The fraction of sp³-hybridized carbons (Fsp3) is 0.364. The summed E-state index contributed by atoms with van der Waals surface area (Å²) in [5, 5.41) is 1.57. The smallest absolute Gasteiger partial charge is 0.233 e. The first-order valence-electron chi connectivity index (χ1n) is 10.0. The second kappa shape index (κ2) is 9.09. The molecule has 1 aliphatic rings. The largest absolute Gasteiger partial charge is 0.368 e. The molecule has 1 fully saturated rings. The third kappa shape index (κ3) is 4.54. The van der Waals surface area contributed by atoms with Gasteiger partial charge in [-0.2, -0.15) is 0 Å². The molecule has 1 aliphatic heterocycles. The number of amides is 1. The van der Waals surface area contributed by atoms with Crippen molar-refractivity contribution in [2.24, 2.45) is 0 Å². The highest BCUT2D eigenvalue weighted by molar-refractivity contribution is 7.99. The molecular weight excluding hydrogens is 404 g/mol. The molecule has 152 valence electrons. The summed E-state index contributed by atoms with van der Waals surface area (Å²) in [4.78, 5) is 21.8. The van der Waals surface area contributed by atoms with Crippen LogP contribution in [0.4, 0.5) is 5.69 Å². The number of fused-ring (bicyclic) bond motifs is 1. The molecule has 2 heterocycles. The van der Waals surface area contributed by atoms with Gasteiger partial charge in [-0.25, -0.2) is 4.98 Å². The summed E-state index contributed by atoms with van der Waals surface area (Å²) in [6.07, 6.45) is 1.01. The van der Waals surface area contributed by atoms with Crippen LogP contribution in [0.1, 0.15) is 13.3 Å². The van der Waals surface area contributed by atoms with E-state index in [9.17, 15) is 4.79 Å². The summed E-state index contributed by atoms with van der Waals surface area (Å²) >= 11 is 7.64. The van der Waals surface area contributed by atoms with Crippen LogP contribution in [0.15, 0.2) is 53.7 Å². The first kappa shape index (κ1) is 20.1. The van der Waals surface area contributed by atoms with Crippen LogP contribution in [-0.2, 0) is 11.3 Å². The molecule has 0 saturated carbocycles. The fourth-order valence-corrected chi connectivity index (χ4v) is 4.81. The van der Waals surface area contributed by atoms with Gasteiger partial charge in [0.05, 0.1) is 16.8 Å². The summed E-state index contributed by atoms with van der Waals surface area (Å²) in [5.41, 5.74) is 3.18. The Hall–Kier alpha value is -2.18. The van der Waals surface area contributed by atoms with E-state index < -0.39 is 0 Å². The molecule has 0 atom stereocenters. The number of halogens is 1. The van der Waals surface area contributed by atoms with Crippen molar-refractivity contribution in [3.05, 3.63) is 53.6 Å². The monoisotopic (exact) mass is 428 g/mol. The average Bonchev–Trinajstić information content (AvgIpc) is 3.09. The zero-order chi connectivity index (χ0) is 20.2. The van der Waals surface area contributed by atoms with Gasteiger partial charge in [-0.05, 0) is 36.8 Å². The van der Waals surface area contributed by atoms with Crippen molar-refractivity contribution in [1.29, 1.82) is 0 Å². The topological polar surface area (TPSA) is 41.4 Å². The minimum Gasteiger partial charge on any atom is -0.368 e. The predicted molar refractivity (Wildman–Crippen MR) is 121 cm³/mol. The maximum Gasteiger partial charge on any atom is 0.233 e. The lowest BCUT2D eigenvalue weighted by Gasteiger charge is -2.36. The zero-order valence-electron chi connectivity index (χ0n) is 16.6. The Morgan fingerprint density at radius 3 is 2.59 bits per heavy atom. The number of thioether (sulfide) groups is 1. The van der Waals surface area contributed by atoms with Crippen LogP contribution in [0.2, 0.25) is 5.02 Å². The van der Waals surface area contributed by atoms with Gasteiger partial charge in [-0.3, -0.25) is 4.79 Å². The van der Waals surface area contributed by atoms with E-state index in [1.807, 2.05) is 29.2 Å². The molecule has 29 heavy (non-hydrogen) atoms. The third-order valence-electron chi connectivity index (χ3n) is 5.20. The summed E-state index contributed by atoms with van der Waals surface area (Å²) in [6.45, 7) is 6.28. The highest BCUT2D eigenvalue weighted by Gasteiger charge is 2.22. The number of nitrogens with zero attached hydrogens (tertiary/aromatic N) is 4. The van der Waals surface area contributed by atoms with Gasteiger partial charge in [0.2, 0.25) is 5.91 Å². The number of rotatable bonds is 6. The second-order valence-electron chi connectivity index (χ2n) is 7.17. The van der Waals surface area contributed by atoms with Crippen LogP contribution in [0.5, 0.6) is 0 Å². The van der Waals surface area contributed by atoms with Crippen molar-refractivity contribution in [3.8, 4) is 0 Å². The van der Waals surface area contributed by atoms with E-state index in [4.69, 9.17) is 16.6 Å². The molecule has 0 aliphatic carbocycles. The van der Waals surface area contributed by atoms with E-state index in [-0.39, 0.29) is 5.91 Å². The molecule has 1 aromatic heterocycles. The van der Waals surface area contributed by atoms with Crippen LogP contribution in [-0.4, -0.2) is 52.3 Å². The Labute approximate surface area is 180 Å². The normalized spacial score (nSPS) is 14.6. The molecule has 2 aromatic carbocycles. The van der Waals surface area contributed by atoms with Crippen LogP contribution < -0.4 is 4.90 Å². The molecule has 0 N–H and O–H groups in total. The number of hydrogen-bond acceptors (Lipinski definition) is 4. The van der Waals surface area contributed by atoms with E-state index in [0.717, 1.165) is 55.3 Å². The number of hydrogen-bond donors (Lipinski definition) is 0. The lowest BCUT2D eigenvalue weighted by Crippen LogP contribution is -2.49. The number of para-hydroxylation sites is 1. The maximum absolute atomic E-state index is 12.8. The van der Waals surface area contributed by atoms with Crippen molar-refractivity contribution in [2.45, 2.75) is 25.0 Å². The summed E-state index contributed by atoms with van der Waals surface area (Å²) in [5.74, 6) is 0.586. The van der Waals surface area contributed by atoms with Gasteiger partial charge in [0.15, 0.2) is 5.16 Å². The van der Waals surface area contributed by atoms with E-state index in [0.29, 0.717) is 10.8 Å². The van der Waals surface area contributed by atoms with Crippen LogP contribution in [0, 0.1) is 0 Å². The first-order chi connectivity index (χ1) is 14.2. The number of carbonyl (C=O) groups excluding carboxylic acids is 1. The van der Waals surface area contributed by atoms with E-state index in [2.05, 4.69) is 40.7 Å². The number of piperazine rings is 1. The van der Waals surface area contributed by atoms with Gasteiger partial charge in [-0.1, -0.05) is 48.5 Å². The Bertz CT molecular complexity index is 983. The molecule has 4 rings (SSSR count). The lowest BCUT2D eigenvalue weighted by atomic mass is 10.2. The molecule has 3 aromatic rings. The average molecular weight is 429 g/mol. The number of aryl methyl sites for hydroxylation is 1. The Morgan fingerprint density at radius 2 is 1.86 bits per heavy atom. The summed E-state index contributed by atoms with van der Waals surface area (Å²) in [6, 6.07) is 16.2. The molecular formula is C22H25ClN4OS. The van der Waals surface area contributed by atoms with Crippen LogP contribution in [0.25, 0.3) is 11.0 Å². The lowest BCUT2D eigenvalue weighted by molar-refractivity contribution is -0.128. The first-order valence-corrected chi connectivity index (χ1v) is 11.4. The number of carbonyl (C=O) groups is 1. The number of benzene rings is 2. The van der Waals surface area contributed by atoms with Gasteiger partial charge in [0.25, 0.3) is 0 Å². The summed E-state index contributed by atoms with van der Waals surface area (Å²) in [7, 11) is 0. The van der Waals surface area contributed by atoms with E-state index >= 15 is 0 Å². The van der Waals surface area contributed by atoms with Gasteiger partial charge in [0.1, 0.15) is 0 Å². The van der Waals surface area contributed by atoms with Crippen LogP contribution >= 0.6 is 23.4 Å². The van der Waals surface area contributed by atoms with Crippen molar-refractivity contribution in [3.63, 3.8) is 0 Å². The number of imidazole rings is 1. The van der Waals surface area contributed by atoms with Gasteiger partial charge in [-0.15, -0.1) is 0 Å². The molecule has 7 heteroatoms. The fourth-order valence-electron chi connectivity index (χ4n) is 3.70. The second-order valence-corrected chi connectivity index (χ2v) is 8.55. The molecule has 5 nitrogen and oxygen atoms in total. The highest BCUT2D eigenvalue weighted by Crippen LogP contribution is 2.27. The highest BCUT2D eigenvalue weighted by atomic mass is 35.5. The minimum atomic E-state index is 0.177. The molecule has 0 radical (unpaired) electrons. The Kier molecular flexibility index (Phi) is 6.31. The Morgan fingerprint density at radius 1 is 1.10 bits per heavy atom. The van der Waals surface area contributed by atoms with Gasteiger partial charge in [0, 0.05) is 43.4 Å². The Balaban J connectivity index is 1.38. The molecule has 0 bridgehead atoms. The van der Waals surface area contributed by atoms with Crippen molar-refractivity contribution < 1.29 is 4.79 Å². The van der Waals surface area contributed by atoms with Gasteiger partial charge < -0.3 is 14.4 Å².